The SMILES string of the molecule is Cc1ccc(S(=O)(=O)n2c(Cl)c(C#N)c3c4[nH]ncc4cnc32)cc1. The summed E-state index contributed by atoms with van der Waals surface area (Å²) in [6.45, 7) is 1.86. The lowest BCUT2D eigenvalue weighted by Crippen LogP contribution is -2.13. The highest BCUT2D eigenvalue weighted by molar-refractivity contribution is 7.90. The molecular formula is C16H10ClN5O2S. The Morgan fingerprint density at radius 1 is 1.24 bits per heavy atom. The van der Waals surface area contributed by atoms with Crippen molar-refractivity contribution >= 4 is 43.6 Å². The number of fused-ring (bicyclic) bond motifs is 3. The quantitative estimate of drug-likeness (QED) is 0.583. The maximum Gasteiger partial charge on any atom is 0.270 e. The van der Waals surface area contributed by atoms with Crippen molar-refractivity contribution in [1.29, 1.82) is 5.26 Å². The molecule has 1 aromatic carbocycles. The van der Waals surface area contributed by atoms with Gasteiger partial charge in [0.2, 0.25) is 0 Å². The average molecular weight is 372 g/mol. The standard InChI is InChI=1S/C16H10ClN5O2S/c1-9-2-4-11(5-3-9)25(23,24)22-15(17)12(6-18)13-14-10(8-20-21-14)7-19-16(13)22/h2-5,7-8H,1H3,(H,20,21). The molecule has 0 aliphatic rings. The van der Waals surface area contributed by atoms with Crippen molar-refractivity contribution in [3.05, 3.63) is 52.9 Å². The Balaban J connectivity index is 2.14. The van der Waals surface area contributed by atoms with Crippen LogP contribution in [0.4, 0.5) is 0 Å². The van der Waals surface area contributed by atoms with Crippen molar-refractivity contribution in [2.24, 2.45) is 0 Å². The van der Waals surface area contributed by atoms with E-state index >= 15 is 0 Å². The molecule has 0 aliphatic carbocycles. The maximum atomic E-state index is 13.1. The third-order valence-corrected chi connectivity index (χ3v) is 6.13. The molecule has 3 aromatic heterocycles. The predicted octanol–water partition coefficient (Wildman–Crippen LogP) is 2.98. The molecule has 124 valence electrons. The van der Waals surface area contributed by atoms with Gasteiger partial charge in [0.1, 0.15) is 16.8 Å². The number of aryl methyl sites for hydroxylation is 1. The van der Waals surface area contributed by atoms with Crippen molar-refractivity contribution in [3.8, 4) is 6.07 Å². The van der Waals surface area contributed by atoms with E-state index in [9.17, 15) is 13.7 Å². The fraction of sp³-hybridized carbons (Fsp3) is 0.0625. The highest BCUT2D eigenvalue weighted by atomic mass is 35.5. The van der Waals surface area contributed by atoms with Gasteiger partial charge in [-0.05, 0) is 19.1 Å². The third kappa shape index (κ3) is 2.13. The van der Waals surface area contributed by atoms with E-state index in [4.69, 9.17) is 11.6 Å². The molecule has 4 aromatic rings. The van der Waals surface area contributed by atoms with Crippen LogP contribution >= 0.6 is 11.6 Å². The Morgan fingerprint density at radius 3 is 2.64 bits per heavy atom. The summed E-state index contributed by atoms with van der Waals surface area (Å²) in [4.78, 5) is 4.27. The van der Waals surface area contributed by atoms with Crippen molar-refractivity contribution < 1.29 is 8.42 Å². The molecule has 0 fully saturated rings. The summed E-state index contributed by atoms with van der Waals surface area (Å²) in [5.74, 6) is 0. The molecule has 0 bridgehead atoms. The predicted molar refractivity (Wildman–Crippen MR) is 92.9 cm³/mol. The van der Waals surface area contributed by atoms with Gasteiger partial charge >= 0.3 is 0 Å². The molecule has 0 atom stereocenters. The van der Waals surface area contributed by atoms with Gasteiger partial charge in [0.15, 0.2) is 5.65 Å². The smallest absolute Gasteiger partial charge is 0.270 e. The number of nitrogens with zero attached hydrogens (tertiary/aromatic N) is 4. The molecule has 7 nitrogen and oxygen atoms in total. The van der Waals surface area contributed by atoms with Crippen molar-refractivity contribution in [2.45, 2.75) is 11.8 Å². The van der Waals surface area contributed by atoms with Gasteiger partial charge in [-0.3, -0.25) is 5.10 Å². The first kappa shape index (κ1) is 15.6. The molecule has 0 spiro atoms. The Kier molecular flexibility index (Phi) is 3.32. The number of halogens is 1. The van der Waals surface area contributed by atoms with E-state index in [2.05, 4.69) is 15.2 Å². The zero-order valence-electron chi connectivity index (χ0n) is 12.9. The summed E-state index contributed by atoms with van der Waals surface area (Å²) in [6, 6.07) is 8.34. The highest BCUT2D eigenvalue weighted by Gasteiger charge is 2.28. The minimum Gasteiger partial charge on any atom is -0.277 e. The lowest BCUT2D eigenvalue weighted by atomic mass is 10.2. The molecule has 9 heteroatoms. The number of hydrogen-bond acceptors (Lipinski definition) is 5. The number of H-pyrrole nitrogens is 1. The van der Waals surface area contributed by atoms with E-state index in [1.54, 1.807) is 18.3 Å². The number of hydrogen-bond donors (Lipinski definition) is 1. The molecule has 0 saturated heterocycles. The molecule has 25 heavy (non-hydrogen) atoms. The zero-order valence-corrected chi connectivity index (χ0v) is 14.4. The van der Waals surface area contributed by atoms with Crippen LogP contribution in [0, 0.1) is 18.3 Å². The summed E-state index contributed by atoms with van der Waals surface area (Å²) in [5.41, 5.74) is 1.56. The van der Waals surface area contributed by atoms with Crippen LogP contribution in [0.5, 0.6) is 0 Å². The third-order valence-electron chi connectivity index (χ3n) is 3.97. The van der Waals surface area contributed by atoms with Gasteiger partial charge in [0, 0.05) is 11.6 Å². The van der Waals surface area contributed by atoms with E-state index in [1.165, 1.54) is 18.3 Å². The lowest BCUT2D eigenvalue weighted by Gasteiger charge is -2.08. The molecule has 0 radical (unpaired) electrons. The molecule has 0 amide bonds. The van der Waals surface area contributed by atoms with Gasteiger partial charge in [-0.15, -0.1) is 0 Å². The Bertz CT molecular complexity index is 1280. The first-order chi connectivity index (χ1) is 11.9. The molecule has 3 heterocycles. The normalized spacial score (nSPS) is 11.9. The van der Waals surface area contributed by atoms with Crippen LogP contribution in [0.15, 0.2) is 41.6 Å². The van der Waals surface area contributed by atoms with Crippen molar-refractivity contribution in [3.63, 3.8) is 0 Å². The van der Waals surface area contributed by atoms with E-state index in [1.807, 2.05) is 13.0 Å². The van der Waals surface area contributed by atoms with Crippen LogP contribution in [0.2, 0.25) is 5.15 Å². The second-order valence-electron chi connectivity index (χ2n) is 5.52. The summed E-state index contributed by atoms with van der Waals surface area (Å²) in [5, 5.41) is 17.0. The maximum absolute atomic E-state index is 13.1. The highest BCUT2D eigenvalue weighted by Crippen LogP contribution is 2.35. The van der Waals surface area contributed by atoms with E-state index in [0.29, 0.717) is 16.3 Å². The molecule has 4 rings (SSSR count). The molecule has 0 unspecified atom stereocenters. The van der Waals surface area contributed by atoms with Gasteiger partial charge in [-0.2, -0.15) is 10.4 Å². The minimum atomic E-state index is -4.02. The zero-order chi connectivity index (χ0) is 17.8. The summed E-state index contributed by atoms with van der Waals surface area (Å²) < 4.78 is 27.1. The topological polar surface area (TPSA) is 104 Å². The largest absolute Gasteiger partial charge is 0.277 e. The lowest BCUT2D eigenvalue weighted by molar-refractivity contribution is 0.589. The Labute approximate surface area is 147 Å². The summed E-state index contributed by atoms with van der Waals surface area (Å²) >= 11 is 6.27. The van der Waals surface area contributed by atoms with Gasteiger partial charge in [-0.25, -0.2) is 17.4 Å². The van der Waals surface area contributed by atoms with Crippen molar-refractivity contribution in [2.75, 3.05) is 0 Å². The van der Waals surface area contributed by atoms with Gasteiger partial charge in [-0.1, -0.05) is 29.3 Å². The fourth-order valence-electron chi connectivity index (χ4n) is 2.73. The Hall–Kier alpha value is -2.89. The number of aromatic amines is 1. The summed E-state index contributed by atoms with van der Waals surface area (Å²) in [7, 11) is -4.02. The number of nitrogens with one attached hydrogen (secondary N) is 1. The average Bonchev–Trinajstić information content (AvgIpc) is 3.16. The first-order valence-electron chi connectivity index (χ1n) is 7.19. The van der Waals surface area contributed by atoms with Crippen LogP contribution in [-0.4, -0.2) is 27.6 Å². The second-order valence-corrected chi connectivity index (χ2v) is 7.66. The van der Waals surface area contributed by atoms with Gasteiger partial charge in [0.25, 0.3) is 10.0 Å². The molecule has 0 aliphatic heterocycles. The number of nitriles is 1. The van der Waals surface area contributed by atoms with E-state index < -0.39 is 10.0 Å². The molecular weight excluding hydrogens is 362 g/mol. The summed E-state index contributed by atoms with van der Waals surface area (Å²) in [6.07, 6.45) is 3.03. The van der Waals surface area contributed by atoms with Crippen LogP contribution in [0.3, 0.4) is 0 Å². The van der Waals surface area contributed by atoms with Gasteiger partial charge < -0.3 is 0 Å². The Morgan fingerprint density at radius 2 is 1.96 bits per heavy atom. The van der Waals surface area contributed by atoms with E-state index in [-0.39, 0.29) is 21.3 Å². The number of pyridine rings is 1. The second kappa shape index (κ2) is 5.31. The first-order valence-corrected chi connectivity index (χ1v) is 9.01. The van der Waals surface area contributed by atoms with Crippen LogP contribution in [0.1, 0.15) is 11.1 Å². The van der Waals surface area contributed by atoms with Crippen molar-refractivity contribution in [1.82, 2.24) is 19.2 Å². The minimum absolute atomic E-state index is 0.0368. The molecule has 0 saturated carbocycles. The molecule has 1 N–H and O–H groups in total. The number of benzene rings is 1. The monoisotopic (exact) mass is 371 g/mol. The van der Waals surface area contributed by atoms with Crippen LogP contribution in [0.25, 0.3) is 21.9 Å². The van der Waals surface area contributed by atoms with E-state index in [0.717, 1.165) is 9.54 Å². The van der Waals surface area contributed by atoms with Crippen LogP contribution < -0.4 is 0 Å². The van der Waals surface area contributed by atoms with Gasteiger partial charge in [0.05, 0.1) is 22.0 Å². The number of aromatic nitrogens is 4. The number of rotatable bonds is 2. The van der Waals surface area contributed by atoms with Crippen LogP contribution in [-0.2, 0) is 10.0 Å². The fourth-order valence-corrected chi connectivity index (χ4v) is 4.57.